The Kier molecular flexibility index (Phi) is 3.37. The van der Waals surface area contributed by atoms with Crippen molar-refractivity contribution in [3.05, 3.63) is 51.4 Å². The number of pyridine rings is 1. The molecule has 0 amide bonds. The number of nitrogens with one attached hydrogen (secondary N) is 1. The predicted molar refractivity (Wildman–Crippen MR) is 84.5 cm³/mol. The quantitative estimate of drug-likeness (QED) is 0.787. The molecule has 2 heterocycles. The average Bonchev–Trinajstić information content (AvgIpc) is 2.87. The number of H-pyrrole nitrogens is 1. The second-order valence-corrected chi connectivity index (χ2v) is 5.55. The maximum atomic E-state index is 11.6. The van der Waals surface area contributed by atoms with Crippen molar-refractivity contribution >= 4 is 44.7 Å². The molecule has 5 nitrogen and oxygen atoms in total. The van der Waals surface area contributed by atoms with Crippen LogP contribution in [0.5, 0.6) is 0 Å². The van der Waals surface area contributed by atoms with Crippen molar-refractivity contribution in [2.75, 3.05) is 11.9 Å². The van der Waals surface area contributed by atoms with E-state index in [1.165, 1.54) is 0 Å². The van der Waals surface area contributed by atoms with Gasteiger partial charge in [-0.1, -0.05) is 11.6 Å². The number of rotatable bonds is 2. The molecular formula is C14H9ClN4OS. The molecule has 21 heavy (non-hydrogen) atoms. The van der Waals surface area contributed by atoms with Gasteiger partial charge in [-0.2, -0.15) is 5.26 Å². The van der Waals surface area contributed by atoms with Crippen LogP contribution in [0.4, 0.5) is 10.7 Å². The highest BCUT2D eigenvalue weighted by atomic mass is 35.5. The van der Waals surface area contributed by atoms with Crippen LogP contribution in [0.1, 0.15) is 5.56 Å². The minimum atomic E-state index is -0.390. The summed E-state index contributed by atoms with van der Waals surface area (Å²) in [6.45, 7) is 0. The number of benzene rings is 1. The lowest BCUT2D eigenvalue weighted by atomic mass is 10.1. The van der Waals surface area contributed by atoms with E-state index in [9.17, 15) is 4.79 Å². The van der Waals surface area contributed by atoms with Crippen LogP contribution in [-0.4, -0.2) is 16.4 Å². The smallest absolute Gasteiger partial charge is 0.278 e. The molecule has 0 aliphatic heterocycles. The SMILES string of the molecule is CN(c1s[nH]c(=O)c1C#N)c1c(Cl)ccc2ncccc12. The number of hydrogen-bond acceptors (Lipinski definition) is 5. The molecule has 0 spiro atoms. The second kappa shape index (κ2) is 5.20. The third-order valence-electron chi connectivity index (χ3n) is 3.14. The van der Waals surface area contributed by atoms with Crippen molar-refractivity contribution in [2.24, 2.45) is 0 Å². The van der Waals surface area contributed by atoms with Gasteiger partial charge in [-0.25, -0.2) is 0 Å². The minimum Gasteiger partial charge on any atom is -0.332 e. The topological polar surface area (TPSA) is 72.8 Å². The van der Waals surface area contributed by atoms with Gasteiger partial charge in [0.1, 0.15) is 11.1 Å². The zero-order valence-corrected chi connectivity index (χ0v) is 12.5. The monoisotopic (exact) mass is 316 g/mol. The largest absolute Gasteiger partial charge is 0.332 e. The molecule has 0 unspecified atom stereocenters. The zero-order valence-electron chi connectivity index (χ0n) is 10.9. The van der Waals surface area contributed by atoms with E-state index in [0.717, 1.165) is 22.4 Å². The highest BCUT2D eigenvalue weighted by Gasteiger charge is 2.19. The van der Waals surface area contributed by atoms with Gasteiger partial charge >= 0.3 is 0 Å². The molecule has 1 aromatic carbocycles. The second-order valence-electron chi connectivity index (χ2n) is 4.35. The first kappa shape index (κ1) is 13.6. The Morgan fingerprint density at radius 2 is 2.24 bits per heavy atom. The summed E-state index contributed by atoms with van der Waals surface area (Å²) in [5, 5.41) is 11.0. The fourth-order valence-corrected chi connectivity index (χ4v) is 3.23. The van der Waals surface area contributed by atoms with Gasteiger partial charge in [-0.3, -0.25) is 14.2 Å². The van der Waals surface area contributed by atoms with Gasteiger partial charge in [0.05, 0.1) is 16.2 Å². The van der Waals surface area contributed by atoms with Gasteiger partial charge in [-0.15, -0.1) is 0 Å². The van der Waals surface area contributed by atoms with Crippen LogP contribution in [0, 0.1) is 11.3 Å². The van der Waals surface area contributed by atoms with E-state index in [1.807, 2.05) is 24.3 Å². The number of nitriles is 1. The molecule has 104 valence electrons. The van der Waals surface area contributed by atoms with Crippen LogP contribution in [0.25, 0.3) is 10.9 Å². The van der Waals surface area contributed by atoms with Crippen molar-refractivity contribution in [2.45, 2.75) is 0 Å². The highest BCUT2D eigenvalue weighted by Crippen LogP contribution is 2.38. The van der Waals surface area contributed by atoms with E-state index < -0.39 is 0 Å². The first-order valence-electron chi connectivity index (χ1n) is 6.02. The van der Waals surface area contributed by atoms with E-state index in [4.69, 9.17) is 16.9 Å². The molecule has 3 aromatic rings. The Morgan fingerprint density at radius 3 is 3.00 bits per heavy atom. The summed E-state index contributed by atoms with van der Waals surface area (Å²) in [6.07, 6.45) is 1.70. The molecule has 0 saturated heterocycles. The number of halogens is 1. The van der Waals surface area contributed by atoms with E-state index in [1.54, 1.807) is 24.2 Å². The molecule has 0 fully saturated rings. The third-order valence-corrected chi connectivity index (χ3v) is 4.40. The number of aromatic amines is 1. The van der Waals surface area contributed by atoms with Crippen LogP contribution < -0.4 is 10.5 Å². The van der Waals surface area contributed by atoms with Crippen molar-refractivity contribution < 1.29 is 0 Å². The molecule has 7 heteroatoms. The molecule has 0 saturated carbocycles. The van der Waals surface area contributed by atoms with Crippen LogP contribution in [0.15, 0.2) is 35.3 Å². The van der Waals surface area contributed by atoms with E-state index in [-0.39, 0.29) is 11.1 Å². The van der Waals surface area contributed by atoms with Gasteiger partial charge in [0, 0.05) is 18.6 Å². The lowest BCUT2D eigenvalue weighted by Gasteiger charge is -2.20. The maximum absolute atomic E-state index is 11.6. The molecule has 0 radical (unpaired) electrons. The summed E-state index contributed by atoms with van der Waals surface area (Å²) < 4.78 is 2.57. The summed E-state index contributed by atoms with van der Waals surface area (Å²) in [6, 6.07) is 9.24. The first-order chi connectivity index (χ1) is 10.1. The summed E-state index contributed by atoms with van der Waals surface area (Å²) in [5.74, 6) is 0. The number of hydrogen-bond donors (Lipinski definition) is 1. The summed E-state index contributed by atoms with van der Waals surface area (Å²) in [7, 11) is 1.77. The average molecular weight is 317 g/mol. The van der Waals surface area contributed by atoms with Gasteiger partial charge in [-0.05, 0) is 35.8 Å². The molecule has 3 rings (SSSR count). The highest BCUT2D eigenvalue weighted by molar-refractivity contribution is 7.10. The molecule has 0 aliphatic rings. The Bertz CT molecular complexity index is 925. The van der Waals surface area contributed by atoms with Crippen LogP contribution in [0.3, 0.4) is 0 Å². The van der Waals surface area contributed by atoms with Gasteiger partial charge in [0.25, 0.3) is 5.56 Å². The maximum Gasteiger partial charge on any atom is 0.278 e. The van der Waals surface area contributed by atoms with Crippen molar-refractivity contribution in [3.63, 3.8) is 0 Å². The lowest BCUT2D eigenvalue weighted by Crippen LogP contribution is -2.12. The van der Waals surface area contributed by atoms with Crippen molar-refractivity contribution in [3.8, 4) is 6.07 Å². The number of aromatic nitrogens is 2. The van der Waals surface area contributed by atoms with Crippen LogP contribution in [-0.2, 0) is 0 Å². The third kappa shape index (κ3) is 2.17. The Morgan fingerprint density at radius 1 is 1.43 bits per heavy atom. The van der Waals surface area contributed by atoms with E-state index in [2.05, 4.69) is 9.36 Å². The fourth-order valence-electron chi connectivity index (χ4n) is 2.18. The molecule has 0 aliphatic carbocycles. The summed E-state index contributed by atoms with van der Waals surface area (Å²) in [4.78, 5) is 17.6. The molecule has 0 atom stereocenters. The van der Waals surface area contributed by atoms with Crippen LogP contribution >= 0.6 is 23.1 Å². The van der Waals surface area contributed by atoms with Gasteiger partial charge < -0.3 is 4.90 Å². The zero-order chi connectivity index (χ0) is 15.0. The van der Waals surface area contributed by atoms with Gasteiger partial charge in [0.15, 0.2) is 5.56 Å². The normalized spacial score (nSPS) is 10.5. The molecular weight excluding hydrogens is 308 g/mol. The fraction of sp³-hybridized carbons (Fsp3) is 0.0714. The number of nitrogens with zero attached hydrogens (tertiary/aromatic N) is 3. The number of anilines is 2. The van der Waals surface area contributed by atoms with E-state index in [0.29, 0.717) is 15.7 Å². The van der Waals surface area contributed by atoms with Crippen molar-refractivity contribution in [1.29, 1.82) is 5.26 Å². The Hall–Kier alpha value is -2.36. The Balaban J connectivity index is 2.27. The summed E-state index contributed by atoms with van der Waals surface area (Å²) in [5.41, 5.74) is 1.21. The summed E-state index contributed by atoms with van der Waals surface area (Å²) >= 11 is 7.42. The standard InChI is InChI=1S/C14H9ClN4OS/c1-19(14-9(7-16)13(20)18-21-14)12-8-3-2-6-17-11(8)5-4-10(12)15/h2-6H,1H3,(H,18,20). The van der Waals surface area contributed by atoms with E-state index >= 15 is 0 Å². The lowest BCUT2D eigenvalue weighted by molar-refractivity contribution is 1.23. The molecule has 1 N–H and O–H groups in total. The molecule has 0 bridgehead atoms. The number of fused-ring (bicyclic) bond motifs is 1. The minimum absolute atomic E-state index is 0.0828. The predicted octanol–water partition coefficient (Wildman–Crippen LogP) is 3.28. The Labute approximate surface area is 129 Å². The molecule has 2 aromatic heterocycles. The van der Waals surface area contributed by atoms with Gasteiger partial charge in [0.2, 0.25) is 0 Å². The van der Waals surface area contributed by atoms with Crippen LogP contribution in [0.2, 0.25) is 5.02 Å². The van der Waals surface area contributed by atoms with Crippen molar-refractivity contribution in [1.82, 2.24) is 9.36 Å². The first-order valence-corrected chi connectivity index (χ1v) is 7.21.